The van der Waals surface area contributed by atoms with Gasteiger partial charge in [0.2, 0.25) is 5.91 Å². The summed E-state index contributed by atoms with van der Waals surface area (Å²) in [4.78, 5) is 25.1. The van der Waals surface area contributed by atoms with Crippen LogP contribution in [0.3, 0.4) is 0 Å². The Labute approximate surface area is 103 Å². The molecule has 2 unspecified atom stereocenters. The van der Waals surface area contributed by atoms with Gasteiger partial charge < -0.3 is 14.7 Å². The molecule has 1 fully saturated rings. The zero-order chi connectivity index (χ0) is 12.6. The Hall–Kier alpha value is -1.40. The van der Waals surface area contributed by atoms with E-state index in [0.717, 1.165) is 10.4 Å². The van der Waals surface area contributed by atoms with Gasteiger partial charge in [0.05, 0.1) is 0 Å². The van der Waals surface area contributed by atoms with Crippen LogP contribution in [-0.2, 0) is 14.3 Å². The van der Waals surface area contributed by atoms with Crippen molar-refractivity contribution in [3.8, 4) is 0 Å². The summed E-state index contributed by atoms with van der Waals surface area (Å²) >= 11 is 1.45. The van der Waals surface area contributed by atoms with Crippen LogP contribution in [0.25, 0.3) is 0 Å². The molecule has 5 nitrogen and oxygen atoms in total. The lowest BCUT2D eigenvalue weighted by Crippen LogP contribution is -2.49. The van der Waals surface area contributed by atoms with E-state index >= 15 is 0 Å². The predicted octanol–water partition coefficient (Wildman–Crippen LogP) is 1.04. The first-order chi connectivity index (χ1) is 8.02. The molecule has 1 aliphatic heterocycles. The fraction of sp³-hybridized carbons (Fsp3) is 0.455. The summed E-state index contributed by atoms with van der Waals surface area (Å²) in [5.74, 6) is -1.23. The number of hydrogen-bond acceptors (Lipinski definition) is 4. The van der Waals surface area contributed by atoms with Crippen molar-refractivity contribution in [2.45, 2.75) is 19.1 Å². The Morgan fingerprint density at radius 3 is 2.88 bits per heavy atom. The fourth-order valence-electron chi connectivity index (χ4n) is 1.92. The van der Waals surface area contributed by atoms with Crippen LogP contribution in [0.5, 0.6) is 0 Å². The number of ether oxygens (including phenoxy) is 1. The van der Waals surface area contributed by atoms with E-state index in [1.165, 1.54) is 16.2 Å². The minimum absolute atomic E-state index is 0.172. The zero-order valence-corrected chi connectivity index (χ0v) is 10.4. The van der Waals surface area contributed by atoms with E-state index < -0.39 is 18.1 Å². The lowest BCUT2D eigenvalue weighted by atomic mass is 10.0. The van der Waals surface area contributed by atoms with Crippen molar-refractivity contribution in [3.63, 3.8) is 0 Å². The molecule has 0 aromatic carbocycles. The Bertz CT molecular complexity index is 456. The van der Waals surface area contributed by atoms with E-state index in [0.29, 0.717) is 0 Å². The summed E-state index contributed by atoms with van der Waals surface area (Å²) < 4.78 is 5.13. The van der Waals surface area contributed by atoms with E-state index in [-0.39, 0.29) is 12.5 Å². The number of carboxylic acid groups (broad SMARTS) is 1. The minimum Gasteiger partial charge on any atom is -0.479 e. The largest absolute Gasteiger partial charge is 0.479 e. The normalized spacial score (nSPS) is 25.1. The van der Waals surface area contributed by atoms with Gasteiger partial charge in [-0.2, -0.15) is 0 Å². The Balaban J connectivity index is 2.40. The lowest BCUT2D eigenvalue weighted by molar-refractivity contribution is -0.171. The van der Waals surface area contributed by atoms with Crippen LogP contribution in [0.4, 0.5) is 0 Å². The van der Waals surface area contributed by atoms with E-state index in [2.05, 4.69) is 0 Å². The van der Waals surface area contributed by atoms with Gasteiger partial charge in [0, 0.05) is 11.9 Å². The fourth-order valence-corrected chi connectivity index (χ4v) is 3.01. The van der Waals surface area contributed by atoms with Gasteiger partial charge in [-0.3, -0.25) is 4.79 Å². The Kier molecular flexibility index (Phi) is 3.17. The molecule has 1 aliphatic rings. The van der Waals surface area contributed by atoms with Crippen molar-refractivity contribution in [2.24, 2.45) is 0 Å². The summed E-state index contributed by atoms with van der Waals surface area (Å²) in [6.07, 6.45) is -0.991. The number of carboxylic acids is 1. The lowest BCUT2D eigenvalue weighted by Gasteiger charge is -2.36. The molecule has 1 N–H and O–H groups in total. The molecule has 17 heavy (non-hydrogen) atoms. The van der Waals surface area contributed by atoms with Gasteiger partial charge in [-0.1, -0.05) is 0 Å². The molecular weight excluding hydrogens is 242 g/mol. The van der Waals surface area contributed by atoms with E-state index in [1.807, 2.05) is 18.4 Å². The molecule has 0 bridgehead atoms. The van der Waals surface area contributed by atoms with Crippen LogP contribution in [-0.4, -0.2) is 41.6 Å². The predicted molar refractivity (Wildman–Crippen MR) is 61.9 cm³/mol. The number of amides is 1. The third-order valence-corrected chi connectivity index (χ3v) is 3.99. The van der Waals surface area contributed by atoms with Gasteiger partial charge >= 0.3 is 5.97 Å². The number of rotatable bonds is 2. The summed E-state index contributed by atoms with van der Waals surface area (Å²) in [7, 11) is 1.62. The van der Waals surface area contributed by atoms with Gasteiger partial charge in [0.1, 0.15) is 12.6 Å². The molecule has 0 saturated carbocycles. The van der Waals surface area contributed by atoms with Crippen LogP contribution in [0.1, 0.15) is 16.5 Å². The number of thiophene rings is 1. The summed E-state index contributed by atoms with van der Waals surface area (Å²) in [6, 6.07) is 1.37. The number of carbonyl (C=O) groups excluding carboxylic acids is 1. The maximum absolute atomic E-state index is 11.6. The molecule has 2 atom stereocenters. The number of nitrogens with zero attached hydrogens (tertiary/aromatic N) is 1. The molecular formula is C11H13NO4S. The maximum atomic E-state index is 11.6. The Morgan fingerprint density at radius 1 is 1.65 bits per heavy atom. The highest BCUT2D eigenvalue weighted by atomic mass is 32.1. The number of carbonyl (C=O) groups is 2. The number of aryl methyl sites for hydroxylation is 1. The van der Waals surface area contributed by atoms with Crippen molar-refractivity contribution >= 4 is 23.2 Å². The average molecular weight is 255 g/mol. The molecule has 2 heterocycles. The number of aliphatic carboxylic acids is 1. The van der Waals surface area contributed by atoms with Crippen LogP contribution in [0.2, 0.25) is 0 Å². The van der Waals surface area contributed by atoms with Gasteiger partial charge in [0.15, 0.2) is 6.10 Å². The highest BCUT2D eigenvalue weighted by Crippen LogP contribution is 2.34. The molecule has 2 rings (SSSR count). The second-order valence-corrected chi connectivity index (χ2v) is 4.93. The smallest absolute Gasteiger partial charge is 0.335 e. The highest BCUT2D eigenvalue weighted by Gasteiger charge is 2.41. The number of hydrogen-bond donors (Lipinski definition) is 1. The quantitative estimate of drug-likeness (QED) is 0.857. The maximum Gasteiger partial charge on any atom is 0.335 e. The third-order valence-electron chi connectivity index (χ3n) is 2.90. The molecule has 0 radical (unpaired) electrons. The molecule has 1 saturated heterocycles. The van der Waals surface area contributed by atoms with Gasteiger partial charge in [-0.05, 0) is 23.9 Å². The first-order valence-corrected chi connectivity index (χ1v) is 6.04. The topological polar surface area (TPSA) is 66.8 Å². The molecule has 92 valence electrons. The van der Waals surface area contributed by atoms with Crippen molar-refractivity contribution in [1.29, 1.82) is 0 Å². The van der Waals surface area contributed by atoms with Crippen molar-refractivity contribution in [1.82, 2.24) is 4.90 Å². The number of likely N-dealkylation sites (N-methyl/N-ethyl adjacent to an activating group) is 1. The van der Waals surface area contributed by atoms with Gasteiger partial charge in [-0.15, -0.1) is 11.3 Å². The van der Waals surface area contributed by atoms with Crippen molar-refractivity contribution < 1.29 is 19.4 Å². The van der Waals surface area contributed by atoms with Gasteiger partial charge in [-0.25, -0.2) is 4.79 Å². The second-order valence-electron chi connectivity index (χ2n) is 3.99. The summed E-state index contributed by atoms with van der Waals surface area (Å²) in [6.45, 7) is 1.73. The van der Waals surface area contributed by atoms with Crippen molar-refractivity contribution in [3.05, 3.63) is 21.9 Å². The zero-order valence-electron chi connectivity index (χ0n) is 9.54. The molecule has 0 aliphatic carbocycles. The second kappa shape index (κ2) is 4.46. The first-order valence-electron chi connectivity index (χ1n) is 5.16. The summed E-state index contributed by atoms with van der Waals surface area (Å²) in [5.41, 5.74) is 0.983. The molecule has 6 heteroatoms. The van der Waals surface area contributed by atoms with Crippen LogP contribution in [0, 0.1) is 6.92 Å². The minimum atomic E-state index is -1.04. The molecule has 1 amide bonds. The van der Waals surface area contributed by atoms with Crippen LogP contribution >= 0.6 is 11.3 Å². The van der Waals surface area contributed by atoms with E-state index in [1.54, 1.807) is 7.05 Å². The SMILES string of the molecule is Cc1ccsc1C1C(C(=O)O)OCC(=O)N1C. The summed E-state index contributed by atoms with van der Waals surface area (Å²) in [5, 5.41) is 11.0. The van der Waals surface area contributed by atoms with Crippen molar-refractivity contribution in [2.75, 3.05) is 13.7 Å². The highest BCUT2D eigenvalue weighted by molar-refractivity contribution is 7.10. The molecule has 1 aromatic heterocycles. The number of morpholine rings is 1. The molecule has 1 aromatic rings. The molecule has 0 spiro atoms. The standard InChI is InChI=1S/C11H13NO4S/c1-6-3-4-17-10(6)8-9(11(14)15)16-5-7(13)12(8)2/h3-4,8-9H,5H2,1-2H3,(H,14,15). The van der Waals surface area contributed by atoms with Crippen LogP contribution < -0.4 is 0 Å². The van der Waals surface area contributed by atoms with E-state index in [4.69, 9.17) is 9.84 Å². The Morgan fingerprint density at radius 2 is 2.35 bits per heavy atom. The first kappa shape index (κ1) is 12.1. The average Bonchev–Trinajstić information content (AvgIpc) is 2.68. The monoisotopic (exact) mass is 255 g/mol. The van der Waals surface area contributed by atoms with Gasteiger partial charge in [0.25, 0.3) is 0 Å². The third kappa shape index (κ3) is 2.05. The van der Waals surface area contributed by atoms with E-state index in [9.17, 15) is 9.59 Å². The van der Waals surface area contributed by atoms with Crippen LogP contribution in [0.15, 0.2) is 11.4 Å².